The molecule has 0 saturated heterocycles. The zero-order valence-corrected chi connectivity index (χ0v) is 9.36. The average Bonchev–Trinajstić information content (AvgIpc) is 2.71. The van der Waals surface area contributed by atoms with Crippen LogP contribution in [-0.4, -0.2) is 12.0 Å². The minimum absolute atomic E-state index is 0.909. The van der Waals surface area contributed by atoms with Crippen molar-refractivity contribution in [2.45, 2.75) is 9.24 Å². The van der Waals surface area contributed by atoms with Crippen LogP contribution in [-0.2, 0) is 0 Å². The average molecular weight is 222 g/mol. The van der Waals surface area contributed by atoms with Crippen LogP contribution in [0.15, 0.2) is 44.9 Å². The quantitative estimate of drug-likeness (QED) is 0.862. The van der Waals surface area contributed by atoms with E-state index in [2.05, 4.69) is 27.8 Å². The van der Waals surface area contributed by atoms with Crippen molar-refractivity contribution in [1.29, 1.82) is 0 Å². The number of aromatic nitrogens is 1. The summed E-state index contributed by atoms with van der Waals surface area (Å²) in [5.74, 6) is 0.909. The number of hydrogen-bond donors (Lipinski definition) is 1. The summed E-state index contributed by atoms with van der Waals surface area (Å²) in [6.45, 7) is 0. The van der Waals surface area contributed by atoms with Gasteiger partial charge in [0.1, 0.15) is 10.8 Å². The molecule has 1 N–H and O–H groups in total. The molecule has 0 bridgehead atoms. The van der Waals surface area contributed by atoms with Gasteiger partial charge in [-0.25, -0.2) is 4.98 Å². The third kappa shape index (κ3) is 2.27. The lowest BCUT2D eigenvalue weighted by Gasteiger charge is -2.01. The van der Waals surface area contributed by atoms with Crippen molar-refractivity contribution < 1.29 is 0 Å². The fraction of sp³-hybridized carbons (Fsp3) is 0.100. The van der Waals surface area contributed by atoms with Crippen molar-refractivity contribution in [3.05, 3.63) is 35.7 Å². The first-order chi connectivity index (χ1) is 6.88. The minimum atomic E-state index is 0.909. The standard InChI is InChI=1S/C10H10N2S2/c1-11-8-4-2-5-9(12-8)14-10-6-3-7-13-10/h2-7H,1H3,(H,11,12). The number of pyridine rings is 1. The molecule has 2 nitrogen and oxygen atoms in total. The van der Waals surface area contributed by atoms with Crippen LogP contribution in [0.4, 0.5) is 5.82 Å². The first-order valence-corrected chi connectivity index (χ1v) is 5.94. The Morgan fingerprint density at radius 3 is 2.93 bits per heavy atom. The van der Waals surface area contributed by atoms with Gasteiger partial charge in [-0.2, -0.15) is 0 Å². The van der Waals surface area contributed by atoms with Crippen LogP contribution in [0.1, 0.15) is 0 Å². The number of thiophene rings is 1. The molecule has 0 radical (unpaired) electrons. The monoisotopic (exact) mass is 222 g/mol. The summed E-state index contributed by atoms with van der Waals surface area (Å²) >= 11 is 3.42. The summed E-state index contributed by atoms with van der Waals surface area (Å²) in [6, 6.07) is 10.1. The molecule has 0 spiro atoms. The van der Waals surface area contributed by atoms with E-state index < -0.39 is 0 Å². The summed E-state index contributed by atoms with van der Waals surface area (Å²) < 4.78 is 1.27. The number of anilines is 1. The van der Waals surface area contributed by atoms with Crippen molar-refractivity contribution >= 4 is 28.9 Å². The van der Waals surface area contributed by atoms with Crippen LogP contribution in [0, 0.1) is 0 Å². The molecule has 0 aromatic carbocycles. The van der Waals surface area contributed by atoms with E-state index in [1.54, 1.807) is 23.1 Å². The Labute approximate surface area is 91.4 Å². The van der Waals surface area contributed by atoms with Gasteiger partial charge in [0.15, 0.2) is 0 Å². The molecule has 0 saturated carbocycles. The van der Waals surface area contributed by atoms with E-state index in [-0.39, 0.29) is 0 Å². The summed E-state index contributed by atoms with van der Waals surface area (Å²) in [5, 5.41) is 6.13. The molecule has 0 unspecified atom stereocenters. The number of nitrogens with one attached hydrogen (secondary N) is 1. The molecule has 2 aromatic rings. The Bertz CT molecular complexity index is 398. The number of hydrogen-bond acceptors (Lipinski definition) is 4. The lowest BCUT2D eigenvalue weighted by atomic mass is 10.5. The lowest BCUT2D eigenvalue weighted by Crippen LogP contribution is -1.91. The van der Waals surface area contributed by atoms with E-state index in [1.165, 1.54) is 4.21 Å². The van der Waals surface area contributed by atoms with Gasteiger partial charge in [0, 0.05) is 7.05 Å². The molecule has 14 heavy (non-hydrogen) atoms. The third-order valence-corrected chi connectivity index (χ3v) is 3.65. The molecule has 4 heteroatoms. The molecule has 0 atom stereocenters. The molecule has 0 aliphatic heterocycles. The predicted molar refractivity (Wildman–Crippen MR) is 62.2 cm³/mol. The topological polar surface area (TPSA) is 24.9 Å². The summed E-state index contributed by atoms with van der Waals surface area (Å²) in [4.78, 5) is 4.42. The highest BCUT2D eigenvalue weighted by molar-refractivity contribution is 8.01. The van der Waals surface area contributed by atoms with Crippen LogP contribution in [0.5, 0.6) is 0 Å². The van der Waals surface area contributed by atoms with Gasteiger partial charge in [0.2, 0.25) is 0 Å². The van der Waals surface area contributed by atoms with Crippen molar-refractivity contribution in [3.8, 4) is 0 Å². The smallest absolute Gasteiger partial charge is 0.127 e. The van der Waals surface area contributed by atoms with Gasteiger partial charge in [0.25, 0.3) is 0 Å². The maximum Gasteiger partial charge on any atom is 0.127 e. The maximum absolute atomic E-state index is 4.42. The molecular weight excluding hydrogens is 212 g/mol. The van der Waals surface area contributed by atoms with E-state index in [4.69, 9.17) is 0 Å². The van der Waals surface area contributed by atoms with Crippen LogP contribution >= 0.6 is 23.1 Å². The zero-order chi connectivity index (χ0) is 9.80. The van der Waals surface area contributed by atoms with Crippen LogP contribution in [0.25, 0.3) is 0 Å². The van der Waals surface area contributed by atoms with E-state index in [1.807, 2.05) is 25.2 Å². The van der Waals surface area contributed by atoms with Gasteiger partial charge in [0.05, 0.1) is 4.21 Å². The first kappa shape index (κ1) is 9.55. The minimum Gasteiger partial charge on any atom is -0.373 e. The Balaban J connectivity index is 2.17. The van der Waals surface area contributed by atoms with Gasteiger partial charge >= 0.3 is 0 Å². The SMILES string of the molecule is CNc1cccc(Sc2cccs2)n1. The Hall–Kier alpha value is -1.00. The van der Waals surface area contributed by atoms with Gasteiger partial charge in [-0.1, -0.05) is 23.9 Å². The van der Waals surface area contributed by atoms with Crippen LogP contribution < -0.4 is 5.32 Å². The van der Waals surface area contributed by atoms with Crippen molar-refractivity contribution in [2.75, 3.05) is 12.4 Å². The second-order valence-electron chi connectivity index (χ2n) is 2.65. The largest absolute Gasteiger partial charge is 0.373 e. The van der Waals surface area contributed by atoms with Crippen molar-refractivity contribution in [2.24, 2.45) is 0 Å². The van der Waals surface area contributed by atoms with Crippen LogP contribution in [0.3, 0.4) is 0 Å². The molecule has 0 aliphatic carbocycles. The predicted octanol–water partition coefficient (Wildman–Crippen LogP) is 3.34. The zero-order valence-electron chi connectivity index (χ0n) is 7.73. The van der Waals surface area contributed by atoms with Gasteiger partial charge in [-0.15, -0.1) is 11.3 Å². The number of rotatable bonds is 3. The molecule has 72 valence electrons. The summed E-state index contributed by atoms with van der Waals surface area (Å²) in [7, 11) is 1.88. The molecule has 2 rings (SSSR count). The summed E-state index contributed by atoms with van der Waals surface area (Å²) in [6.07, 6.45) is 0. The Kier molecular flexibility index (Phi) is 3.06. The molecule has 0 fully saturated rings. The normalized spacial score (nSPS) is 10.1. The highest BCUT2D eigenvalue weighted by Crippen LogP contribution is 2.30. The molecular formula is C10H10N2S2. The van der Waals surface area contributed by atoms with Crippen LogP contribution in [0.2, 0.25) is 0 Å². The highest BCUT2D eigenvalue weighted by atomic mass is 32.2. The molecule has 2 aromatic heterocycles. The van der Waals surface area contributed by atoms with E-state index in [9.17, 15) is 0 Å². The van der Waals surface area contributed by atoms with Gasteiger partial charge in [-0.05, 0) is 23.6 Å². The van der Waals surface area contributed by atoms with Crippen molar-refractivity contribution in [1.82, 2.24) is 4.98 Å². The molecule has 0 amide bonds. The molecule has 0 aliphatic rings. The first-order valence-electron chi connectivity index (χ1n) is 4.24. The molecule has 2 heterocycles. The van der Waals surface area contributed by atoms with E-state index in [0.717, 1.165) is 10.8 Å². The lowest BCUT2D eigenvalue weighted by molar-refractivity contribution is 1.13. The van der Waals surface area contributed by atoms with E-state index in [0.29, 0.717) is 0 Å². The third-order valence-electron chi connectivity index (χ3n) is 1.68. The Morgan fingerprint density at radius 1 is 1.29 bits per heavy atom. The van der Waals surface area contributed by atoms with Crippen molar-refractivity contribution in [3.63, 3.8) is 0 Å². The highest BCUT2D eigenvalue weighted by Gasteiger charge is 1.99. The maximum atomic E-state index is 4.42. The number of nitrogens with zero attached hydrogens (tertiary/aromatic N) is 1. The summed E-state index contributed by atoms with van der Waals surface area (Å²) in [5.41, 5.74) is 0. The van der Waals surface area contributed by atoms with Gasteiger partial charge in [-0.3, -0.25) is 0 Å². The van der Waals surface area contributed by atoms with Gasteiger partial charge < -0.3 is 5.32 Å². The fourth-order valence-electron chi connectivity index (χ4n) is 1.04. The second kappa shape index (κ2) is 4.48. The fourth-order valence-corrected chi connectivity index (χ4v) is 2.74. The second-order valence-corrected chi connectivity index (χ2v) is 4.91. The Morgan fingerprint density at radius 2 is 2.21 bits per heavy atom. The van der Waals surface area contributed by atoms with E-state index >= 15 is 0 Å².